The molecule has 0 saturated heterocycles. The van der Waals surface area contributed by atoms with E-state index in [0.717, 1.165) is 12.1 Å². The van der Waals surface area contributed by atoms with Gasteiger partial charge < -0.3 is 9.84 Å². The number of ether oxygens (including phenoxy) is 1. The van der Waals surface area contributed by atoms with Crippen LogP contribution in [0, 0.1) is 0 Å². The average molecular weight is 257 g/mol. The number of carboxylic acid groups (broad SMARTS) is 1. The second-order valence-corrected chi connectivity index (χ2v) is 2.75. The van der Waals surface area contributed by atoms with E-state index in [4.69, 9.17) is 5.11 Å². The summed E-state index contributed by atoms with van der Waals surface area (Å²) in [6.07, 6.45) is -5.85. The van der Waals surface area contributed by atoms with Crippen LogP contribution in [0.3, 0.4) is 0 Å². The van der Waals surface area contributed by atoms with Crippen molar-refractivity contribution in [2.45, 2.75) is 12.8 Å². The second-order valence-electron chi connectivity index (χ2n) is 2.75. The minimum Gasteiger partial charge on any atom is -0.450 e. The average Bonchev–Trinajstić information content (AvgIpc) is 2.14. The topological polar surface area (TPSA) is 46.5 Å². The first kappa shape index (κ1) is 14.6. The van der Waals surface area contributed by atoms with Crippen LogP contribution in [0.25, 0.3) is 0 Å². The molecule has 0 aliphatic carbocycles. The first-order valence-electron chi connectivity index (χ1n) is 3.91. The predicted octanol–water partition coefficient (Wildman–Crippen LogP) is 3.32. The van der Waals surface area contributed by atoms with Crippen LogP contribution in [-0.4, -0.2) is 11.3 Å². The molecular formula is C9H8ClF3O3. The van der Waals surface area contributed by atoms with Crippen molar-refractivity contribution in [1.82, 2.24) is 0 Å². The quantitative estimate of drug-likeness (QED) is 0.826. The maximum atomic E-state index is 12.1. The predicted molar refractivity (Wildman–Crippen MR) is 51.5 cm³/mol. The number of alkyl halides is 3. The summed E-state index contributed by atoms with van der Waals surface area (Å²) in [5.74, 6) is 0. The third-order valence-electron chi connectivity index (χ3n) is 1.64. The van der Waals surface area contributed by atoms with Gasteiger partial charge in [0.05, 0.1) is 5.56 Å². The summed E-state index contributed by atoms with van der Waals surface area (Å²) in [5, 5.41) is 8.16. The Labute approximate surface area is 95.2 Å². The van der Waals surface area contributed by atoms with Crippen molar-refractivity contribution in [3.63, 3.8) is 0 Å². The van der Waals surface area contributed by atoms with Gasteiger partial charge in [0.2, 0.25) is 0 Å². The molecule has 1 N–H and O–H groups in total. The van der Waals surface area contributed by atoms with Crippen molar-refractivity contribution in [3.05, 3.63) is 35.4 Å². The summed E-state index contributed by atoms with van der Waals surface area (Å²) in [4.78, 5) is 10.00. The van der Waals surface area contributed by atoms with Crippen molar-refractivity contribution in [2.75, 3.05) is 0 Å². The van der Waals surface area contributed by atoms with Crippen LogP contribution >= 0.6 is 12.4 Å². The van der Waals surface area contributed by atoms with E-state index in [1.54, 1.807) is 0 Å². The molecule has 0 radical (unpaired) electrons. The number of hydrogen-bond donors (Lipinski definition) is 1. The molecule has 0 aliphatic heterocycles. The molecule has 0 spiro atoms. The van der Waals surface area contributed by atoms with Crippen LogP contribution in [0.2, 0.25) is 0 Å². The fraction of sp³-hybridized carbons (Fsp3) is 0.222. The lowest BCUT2D eigenvalue weighted by molar-refractivity contribution is -0.137. The summed E-state index contributed by atoms with van der Waals surface area (Å²) in [6.45, 7) is -0.256. The fourth-order valence-corrected chi connectivity index (χ4v) is 0.935. The van der Waals surface area contributed by atoms with Crippen molar-refractivity contribution in [1.29, 1.82) is 0 Å². The Bertz CT molecular complexity index is 348. The molecule has 0 saturated carbocycles. The van der Waals surface area contributed by atoms with E-state index >= 15 is 0 Å². The van der Waals surface area contributed by atoms with Gasteiger partial charge in [-0.2, -0.15) is 13.2 Å². The van der Waals surface area contributed by atoms with E-state index in [1.165, 1.54) is 12.1 Å². The molecule has 3 nitrogen and oxygen atoms in total. The van der Waals surface area contributed by atoms with Crippen LogP contribution in [0.15, 0.2) is 24.3 Å². The van der Waals surface area contributed by atoms with Crippen LogP contribution in [0.5, 0.6) is 0 Å². The zero-order valence-electron chi connectivity index (χ0n) is 7.82. The second kappa shape index (κ2) is 5.60. The van der Waals surface area contributed by atoms with Crippen LogP contribution < -0.4 is 0 Å². The maximum absolute atomic E-state index is 12.1. The Morgan fingerprint density at radius 3 is 2.12 bits per heavy atom. The number of halogens is 4. The molecule has 16 heavy (non-hydrogen) atoms. The van der Waals surface area contributed by atoms with Gasteiger partial charge in [-0.3, -0.25) is 0 Å². The molecule has 0 atom stereocenters. The van der Waals surface area contributed by atoms with E-state index in [-0.39, 0.29) is 19.0 Å². The molecule has 90 valence electrons. The largest absolute Gasteiger partial charge is 0.506 e. The van der Waals surface area contributed by atoms with Crippen molar-refractivity contribution >= 4 is 18.6 Å². The molecule has 0 aliphatic rings. The molecule has 0 unspecified atom stereocenters. The Morgan fingerprint density at radius 2 is 1.75 bits per heavy atom. The molecule has 0 aromatic heterocycles. The minimum atomic E-state index is -4.38. The smallest absolute Gasteiger partial charge is 0.450 e. The normalized spacial score (nSPS) is 10.4. The molecule has 7 heteroatoms. The van der Waals surface area contributed by atoms with Crippen molar-refractivity contribution < 1.29 is 27.8 Å². The molecule has 0 heterocycles. The molecule has 1 aromatic rings. The number of benzene rings is 1. The van der Waals surface area contributed by atoms with E-state index < -0.39 is 17.9 Å². The lowest BCUT2D eigenvalue weighted by atomic mass is 10.1. The van der Waals surface area contributed by atoms with Crippen molar-refractivity contribution in [3.8, 4) is 0 Å². The first-order chi connectivity index (χ1) is 6.89. The Kier molecular flexibility index (Phi) is 5.10. The highest BCUT2D eigenvalue weighted by atomic mass is 35.5. The molecule has 1 aromatic carbocycles. The molecular weight excluding hydrogens is 249 g/mol. The number of carbonyl (C=O) groups is 1. The Balaban J connectivity index is 0.00000225. The van der Waals surface area contributed by atoms with Gasteiger partial charge in [-0.05, 0) is 17.7 Å². The summed E-state index contributed by atoms with van der Waals surface area (Å²) in [7, 11) is 0. The summed E-state index contributed by atoms with van der Waals surface area (Å²) >= 11 is 0. The van der Waals surface area contributed by atoms with Crippen LogP contribution in [0.4, 0.5) is 18.0 Å². The number of hydrogen-bond acceptors (Lipinski definition) is 2. The third-order valence-corrected chi connectivity index (χ3v) is 1.64. The summed E-state index contributed by atoms with van der Waals surface area (Å²) in [5.41, 5.74) is -0.410. The summed E-state index contributed by atoms with van der Waals surface area (Å²) < 4.78 is 40.5. The van der Waals surface area contributed by atoms with Gasteiger partial charge in [0.1, 0.15) is 6.61 Å². The highest BCUT2D eigenvalue weighted by molar-refractivity contribution is 5.85. The van der Waals surface area contributed by atoms with Gasteiger partial charge >= 0.3 is 12.3 Å². The Morgan fingerprint density at radius 1 is 1.25 bits per heavy atom. The van der Waals surface area contributed by atoms with E-state index in [1.807, 2.05) is 0 Å². The molecule has 0 bridgehead atoms. The lowest BCUT2D eigenvalue weighted by Gasteiger charge is -2.07. The Hall–Kier alpha value is -1.43. The molecule has 1 rings (SSSR count). The standard InChI is InChI=1S/C9H7F3O3.ClH/c10-9(11,12)7-3-1-6(2-4-7)5-15-8(13)14;/h1-4H,5H2,(H,13,14);1H. The van der Waals surface area contributed by atoms with E-state index in [2.05, 4.69) is 4.74 Å². The minimum absolute atomic E-state index is 0. The van der Waals surface area contributed by atoms with Crippen LogP contribution in [-0.2, 0) is 17.5 Å². The SMILES string of the molecule is Cl.O=C(O)OCc1ccc(C(F)(F)F)cc1. The van der Waals surface area contributed by atoms with Gasteiger partial charge in [-0.15, -0.1) is 12.4 Å². The zero-order chi connectivity index (χ0) is 11.5. The molecule has 0 fully saturated rings. The highest BCUT2D eigenvalue weighted by Gasteiger charge is 2.29. The van der Waals surface area contributed by atoms with Gasteiger partial charge in [0.15, 0.2) is 0 Å². The van der Waals surface area contributed by atoms with Gasteiger partial charge in [-0.25, -0.2) is 4.79 Å². The van der Waals surface area contributed by atoms with Crippen LogP contribution in [0.1, 0.15) is 11.1 Å². The van der Waals surface area contributed by atoms with Crippen molar-refractivity contribution in [2.24, 2.45) is 0 Å². The molecule has 0 amide bonds. The fourth-order valence-electron chi connectivity index (χ4n) is 0.935. The highest BCUT2D eigenvalue weighted by Crippen LogP contribution is 2.29. The maximum Gasteiger partial charge on any atom is 0.506 e. The monoisotopic (exact) mass is 256 g/mol. The lowest BCUT2D eigenvalue weighted by Crippen LogP contribution is -2.05. The van der Waals surface area contributed by atoms with Gasteiger partial charge in [0, 0.05) is 0 Å². The third kappa shape index (κ3) is 4.39. The first-order valence-corrected chi connectivity index (χ1v) is 3.91. The number of rotatable bonds is 2. The zero-order valence-corrected chi connectivity index (χ0v) is 8.64. The van der Waals surface area contributed by atoms with Gasteiger partial charge in [0.25, 0.3) is 0 Å². The van der Waals surface area contributed by atoms with Gasteiger partial charge in [-0.1, -0.05) is 12.1 Å². The summed E-state index contributed by atoms with van der Waals surface area (Å²) in [6, 6.07) is 4.10. The van der Waals surface area contributed by atoms with E-state index in [9.17, 15) is 18.0 Å². The van der Waals surface area contributed by atoms with E-state index in [0.29, 0.717) is 5.56 Å².